The summed E-state index contributed by atoms with van der Waals surface area (Å²) in [4.78, 5) is 28.3. The predicted octanol–water partition coefficient (Wildman–Crippen LogP) is 5.58. The van der Waals surface area contributed by atoms with Crippen LogP contribution >= 0.6 is 22.6 Å². The Labute approximate surface area is 193 Å². The fraction of sp³-hybridized carbons (Fsp3) is 0. The van der Waals surface area contributed by atoms with Crippen LogP contribution in [0.5, 0.6) is 17.2 Å². The maximum absolute atomic E-state index is 10.5. The van der Waals surface area contributed by atoms with Crippen molar-refractivity contribution < 1.29 is 19.4 Å². The van der Waals surface area contributed by atoms with E-state index >= 15 is 0 Å². The second kappa shape index (κ2) is 13.6. The van der Waals surface area contributed by atoms with Crippen LogP contribution in [0, 0.1) is 3.57 Å². The number of benzene rings is 2. The third-order valence-electron chi connectivity index (χ3n) is 3.49. The number of hydrogen-bond donors (Lipinski definition) is 1. The number of pyridine rings is 2. The second-order valence-electron chi connectivity index (χ2n) is 5.87. The van der Waals surface area contributed by atoms with Crippen molar-refractivity contribution in [2.24, 2.45) is 0 Å². The number of aromatic hydroxyl groups is 1. The van der Waals surface area contributed by atoms with Crippen LogP contribution < -0.4 is 4.74 Å². The van der Waals surface area contributed by atoms with Crippen molar-refractivity contribution >= 4 is 35.2 Å². The van der Waals surface area contributed by atoms with Crippen LogP contribution in [0.2, 0.25) is 0 Å². The van der Waals surface area contributed by atoms with E-state index in [0.29, 0.717) is 17.1 Å². The lowest BCUT2D eigenvalue weighted by molar-refractivity contribution is 0.111. The number of aromatic nitrogens is 2. The van der Waals surface area contributed by atoms with Crippen LogP contribution in [-0.2, 0) is 0 Å². The van der Waals surface area contributed by atoms with E-state index in [9.17, 15) is 9.59 Å². The standard InChI is InChI=1S/C12H9NO2.C7H5IO.C5H5NO/c14-9-10-3-1-4-11(7-10)15-12-5-2-6-13-8-12;8-7-3-1-2-6(4-7)5-9;7-5-2-1-3-6-4-5/h1-9H;1-5H;1-4,7H. The summed E-state index contributed by atoms with van der Waals surface area (Å²) >= 11 is 2.17. The minimum Gasteiger partial charge on any atom is -0.506 e. The van der Waals surface area contributed by atoms with Gasteiger partial charge in [-0.15, -0.1) is 0 Å². The Balaban J connectivity index is 0.000000181. The van der Waals surface area contributed by atoms with Gasteiger partial charge in [-0.05, 0) is 71.1 Å². The van der Waals surface area contributed by atoms with Gasteiger partial charge in [0.15, 0.2) is 0 Å². The summed E-state index contributed by atoms with van der Waals surface area (Å²) in [6.45, 7) is 0. The van der Waals surface area contributed by atoms with Crippen molar-refractivity contribution in [2.75, 3.05) is 0 Å². The molecule has 2 heterocycles. The molecule has 0 fully saturated rings. The van der Waals surface area contributed by atoms with Gasteiger partial charge in [0.05, 0.1) is 12.4 Å². The number of carbonyl (C=O) groups excluding carboxylic acids is 2. The number of rotatable bonds is 4. The Morgan fingerprint density at radius 3 is 1.84 bits per heavy atom. The maximum atomic E-state index is 10.5. The van der Waals surface area contributed by atoms with E-state index in [0.717, 1.165) is 21.7 Å². The zero-order valence-corrected chi connectivity index (χ0v) is 18.5. The van der Waals surface area contributed by atoms with E-state index in [1.165, 1.54) is 6.20 Å². The molecule has 0 amide bonds. The summed E-state index contributed by atoms with van der Waals surface area (Å²) in [6, 6.07) is 21.3. The fourth-order valence-corrected chi connectivity index (χ4v) is 2.70. The van der Waals surface area contributed by atoms with Crippen molar-refractivity contribution in [1.29, 1.82) is 0 Å². The van der Waals surface area contributed by atoms with E-state index in [1.54, 1.807) is 73.2 Å². The molecule has 6 nitrogen and oxygen atoms in total. The topological polar surface area (TPSA) is 89.4 Å². The molecule has 0 atom stereocenters. The first-order chi connectivity index (χ1) is 15.1. The molecule has 0 aliphatic carbocycles. The fourth-order valence-electron chi connectivity index (χ4n) is 2.13. The number of ether oxygens (including phenoxy) is 1. The van der Waals surface area contributed by atoms with Crippen LogP contribution in [0.25, 0.3) is 0 Å². The smallest absolute Gasteiger partial charge is 0.150 e. The monoisotopic (exact) mass is 526 g/mol. The van der Waals surface area contributed by atoms with Crippen molar-refractivity contribution in [3.8, 4) is 17.2 Å². The summed E-state index contributed by atoms with van der Waals surface area (Å²) in [7, 11) is 0. The van der Waals surface area contributed by atoms with Gasteiger partial charge in [-0.3, -0.25) is 19.6 Å². The maximum Gasteiger partial charge on any atom is 0.150 e. The molecule has 156 valence electrons. The molecule has 0 spiro atoms. The van der Waals surface area contributed by atoms with Gasteiger partial charge in [0.25, 0.3) is 0 Å². The van der Waals surface area contributed by atoms with Gasteiger partial charge in [-0.2, -0.15) is 0 Å². The number of nitrogens with zero attached hydrogens (tertiary/aromatic N) is 2. The molecule has 0 radical (unpaired) electrons. The highest BCUT2D eigenvalue weighted by Crippen LogP contribution is 2.20. The van der Waals surface area contributed by atoms with Crippen LogP contribution in [0.15, 0.2) is 97.6 Å². The summed E-state index contributed by atoms with van der Waals surface area (Å²) in [5.41, 5.74) is 1.33. The van der Waals surface area contributed by atoms with E-state index in [1.807, 2.05) is 18.2 Å². The van der Waals surface area contributed by atoms with Crippen LogP contribution in [0.4, 0.5) is 0 Å². The second-order valence-corrected chi connectivity index (χ2v) is 7.11. The van der Waals surface area contributed by atoms with Crippen molar-refractivity contribution in [1.82, 2.24) is 9.97 Å². The molecule has 0 aliphatic heterocycles. The van der Waals surface area contributed by atoms with Gasteiger partial charge >= 0.3 is 0 Å². The molecule has 1 N–H and O–H groups in total. The van der Waals surface area contributed by atoms with E-state index in [-0.39, 0.29) is 5.75 Å². The Bertz CT molecular complexity index is 1080. The van der Waals surface area contributed by atoms with Crippen LogP contribution in [0.1, 0.15) is 20.7 Å². The Morgan fingerprint density at radius 2 is 1.35 bits per heavy atom. The number of halogens is 1. The summed E-state index contributed by atoms with van der Waals surface area (Å²) in [6.07, 6.45) is 7.93. The summed E-state index contributed by atoms with van der Waals surface area (Å²) in [5.74, 6) is 1.50. The van der Waals surface area contributed by atoms with Gasteiger partial charge in [0.2, 0.25) is 0 Å². The van der Waals surface area contributed by atoms with Crippen LogP contribution in [-0.4, -0.2) is 27.6 Å². The summed E-state index contributed by atoms with van der Waals surface area (Å²) < 4.78 is 6.59. The minimum atomic E-state index is 0.211. The average molecular weight is 526 g/mol. The molecule has 4 aromatic rings. The van der Waals surface area contributed by atoms with Gasteiger partial charge in [0.1, 0.15) is 29.8 Å². The molecule has 31 heavy (non-hydrogen) atoms. The molecular weight excluding hydrogens is 507 g/mol. The SMILES string of the molecule is O=Cc1cccc(I)c1.O=Cc1cccc(Oc2cccnc2)c1.Oc1cccnc1. The molecule has 0 bridgehead atoms. The molecule has 4 rings (SSSR count). The highest BCUT2D eigenvalue weighted by atomic mass is 127. The van der Waals surface area contributed by atoms with E-state index in [4.69, 9.17) is 9.84 Å². The van der Waals surface area contributed by atoms with Crippen LogP contribution in [0.3, 0.4) is 0 Å². The number of hydrogen-bond acceptors (Lipinski definition) is 6. The van der Waals surface area contributed by atoms with Crippen molar-refractivity contribution in [2.45, 2.75) is 0 Å². The minimum absolute atomic E-state index is 0.211. The third kappa shape index (κ3) is 9.64. The first kappa shape index (κ1) is 23.7. The molecule has 2 aromatic heterocycles. The zero-order chi connectivity index (χ0) is 22.3. The Hall–Kier alpha value is -3.59. The first-order valence-electron chi connectivity index (χ1n) is 9.03. The average Bonchev–Trinajstić information content (AvgIpc) is 2.81. The van der Waals surface area contributed by atoms with Crippen molar-refractivity contribution in [3.05, 3.63) is 112 Å². The summed E-state index contributed by atoms with van der Waals surface area (Å²) in [5, 5.41) is 8.57. The Morgan fingerprint density at radius 1 is 0.742 bits per heavy atom. The van der Waals surface area contributed by atoms with Gasteiger partial charge in [-0.25, -0.2) is 0 Å². The normalized spacial score (nSPS) is 9.19. The largest absolute Gasteiger partial charge is 0.506 e. The number of carbonyl (C=O) groups is 2. The van der Waals surface area contributed by atoms with E-state index < -0.39 is 0 Å². The highest BCUT2D eigenvalue weighted by Gasteiger charge is 1.97. The molecule has 0 unspecified atom stereocenters. The molecule has 0 aliphatic rings. The quantitative estimate of drug-likeness (QED) is 0.276. The molecule has 7 heteroatoms. The highest BCUT2D eigenvalue weighted by molar-refractivity contribution is 14.1. The molecule has 2 aromatic carbocycles. The van der Waals surface area contributed by atoms with Gasteiger partial charge in [-0.1, -0.05) is 24.3 Å². The predicted molar refractivity (Wildman–Crippen MR) is 127 cm³/mol. The lowest BCUT2D eigenvalue weighted by Gasteiger charge is -2.04. The van der Waals surface area contributed by atoms with Crippen molar-refractivity contribution in [3.63, 3.8) is 0 Å². The van der Waals surface area contributed by atoms with Gasteiger partial charge in [0, 0.05) is 27.1 Å². The zero-order valence-electron chi connectivity index (χ0n) is 16.3. The van der Waals surface area contributed by atoms with E-state index in [2.05, 4.69) is 32.6 Å². The molecule has 0 saturated carbocycles. The number of aldehydes is 2. The lowest BCUT2D eigenvalue weighted by Crippen LogP contribution is -1.86. The first-order valence-corrected chi connectivity index (χ1v) is 10.1. The lowest BCUT2D eigenvalue weighted by atomic mass is 10.2. The Kier molecular flexibility index (Phi) is 10.4. The third-order valence-corrected chi connectivity index (χ3v) is 4.17. The molecule has 0 saturated heterocycles. The molecular formula is C24H19IN2O4. The van der Waals surface area contributed by atoms with Gasteiger partial charge < -0.3 is 9.84 Å².